The molecule has 3 saturated heterocycles. The van der Waals surface area contributed by atoms with Crippen LogP contribution in [0.4, 0.5) is 0 Å². The highest BCUT2D eigenvalue weighted by molar-refractivity contribution is 5.93. The third kappa shape index (κ3) is 14.7. The van der Waals surface area contributed by atoms with Crippen molar-refractivity contribution in [1.82, 2.24) is 19.8 Å². The number of pyridine rings is 2. The van der Waals surface area contributed by atoms with Crippen molar-refractivity contribution in [2.75, 3.05) is 66.8 Å². The first-order chi connectivity index (χ1) is 38.4. The van der Waals surface area contributed by atoms with Crippen molar-refractivity contribution in [2.24, 2.45) is 0 Å². The van der Waals surface area contributed by atoms with E-state index >= 15 is 0 Å². The van der Waals surface area contributed by atoms with Crippen LogP contribution in [-0.2, 0) is 45.4 Å². The minimum absolute atomic E-state index is 0.0245. The molecule has 2 N–H and O–H groups in total. The van der Waals surface area contributed by atoms with Crippen LogP contribution in [0.5, 0.6) is 23.0 Å². The first-order valence-electron chi connectivity index (χ1n) is 27.4. The molecule has 2 saturated carbocycles. The van der Waals surface area contributed by atoms with Crippen LogP contribution in [0.3, 0.4) is 0 Å². The Labute approximate surface area is 462 Å². The quantitative estimate of drug-likeness (QED) is 0.0620. The lowest BCUT2D eigenvalue weighted by atomic mass is 9.91. The number of ether oxygens (including phenoxy) is 8. The van der Waals surface area contributed by atoms with Gasteiger partial charge in [-0.15, -0.1) is 0 Å². The lowest BCUT2D eigenvalue weighted by Gasteiger charge is -2.39. The van der Waals surface area contributed by atoms with E-state index in [0.717, 1.165) is 45.2 Å². The molecule has 0 bridgehead atoms. The first kappa shape index (κ1) is 55.4. The van der Waals surface area contributed by atoms with Crippen molar-refractivity contribution in [2.45, 2.75) is 108 Å². The summed E-state index contributed by atoms with van der Waals surface area (Å²) < 4.78 is 45.9. The van der Waals surface area contributed by atoms with Gasteiger partial charge in [-0.1, -0.05) is 60.7 Å². The molecule has 5 heterocycles. The molecule has 2 atom stereocenters. The van der Waals surface area contributed by atoms with Gasteiger partial charge in [-0.2, -0.15) is 0 Å². The molecule has 0 unspecified atom stereocenters. The van der Waals surface area contributed by atoms with Crippen LogP contribution in [0.2, 0.25) is 0 Å². The average molecular weight is 1080 g/mol. The molecule has 5 aliphatic rings. The maximum absolute atomic E-state index is 13.1. The summed E-state index contributed by atoms with van der Waals surface area (Å²) in [6.45, 7) is 8.44. The number of benzene rings is 4. The van der Waals surface area contributed by atoms with Crippen molar-refractivity contribution in [3.63, 3.8) is 0 Å². The van der Waals surface area contributed by atoms with E-state index in [9.17, 15) is 14.7 Å². The van der Waals surface area contributed by atoms with Crippen molar-refractivity contribution >= 4 is 11.8 Å². The molecule has 79 heavy (non-hydrogen) atoms. The fourth-order valence-corrected chi connectivity index (χ4v) is 9.96. The molecule has 416 valence electrons. The Bertz CT molecular complexity index is 3010. The van der Waals surface area contributed by atoms with E-state index in [1.54, 1.807) is 49.7 Å². The highest BCUT2D eigenvalue weighted by Gasteiger charge is 2.36. The van der Waals surface area contributed by atoms with E-state index in [4.69, 9.17) is 43.0 Å². The Kier molecular flexibility index (Phi) is 17.9. The van der Waals surface area contributed by atoms with Crippen LogP contribution < -0.4 is 18.9 Å². The fraction of sp³-hybridized carbons (Fsp3) is 0.429. The lowest BCUT2D eigenvalue weighted by molar-refractivity contribution is -0.145. The van der Waals surface area contributed by atoms with Gasteiger partial charge in [-0.3, -0.25) is 19.6 Å². The zero-order valence-electron chi connectivity index (χ0n) is 45.6. The topological polar surface area (TPSA) is 181 Å². The summed E-state index contributed by atoms with van der Waals surface area (Å²) >= 11 is 0. The zero-order valence-corrected chi connectivity index (χ0v) is 45.6. The number of aromatic nitrogens is 2. The maximum Gasteiger partial charge on any atom is 0.272 e. The number of aliphatic hydroxyl groups excluding tert-OH is 2. The molecular formula is C63H72N4O12. The molecule has 2 aromatic heterocycles. The largest absolute Gasteiger partial charge is 0.493 e. The van der Waals surface area contributed by atoms with E-state index in [-0.39, 0.29) is 49.6 Å². The predicted molar refractivity (Wildman–Crippen MR) is 295 cm³/mol. The zero-order chi connectivity index (χ0) is 54.9. The highest BCUT2D eigenvalue weighted by Crippen LogP contribution is 2.42. The number of aliphatic hydroxyl groups is 2. The highest BCUT2D eigenvalue weighted by atomic mass is 16.7. The molecular weight excluding hydrogens is 1000 g/mol. The molecule has 4 aromatic carbocycles. The van der Waals surface area contributed by atoms with E-state index in [1.807, 2.05) is 55.1 Å². The third-order valence-corrected chi connectivity index (χ3v) is 15.0. The minimum Gasteiger partial charge on any atom is -0.493 e. The van der Waals surface area contributed by atoms with Crippen molar-refractivity contribution < 1.29 is 57.7 Å². The molecule has 2 aliphatic carbocycles. The molecule has 2 amide bonds. The van der Waals surface area contributed by atoms with E-state index in [0.29, 0.717) is 93.6 Å². The Balaban J connectivity index is 0.000000179. The molecule has 0 spiro atoms. The van der Waals surface area contributed by atoms with Crippen molar-refractivity contribution in [3.05, 3.63) is 177 Å². The number of nitrogens with zero attached hydrogens (tertiary/aromatic N) is 4. The Morgan fingerprint density at radius 1 is 0.582 bits per heavy atom. The van der Waals surface area contributed by atoms with Gasteiger partial charge in [0.2, 0.25) is 0 Å². The number of carbonyl (C=O) groups excluding carboxylic acids is 2. The summed E-state index contributed by atoms with van der Waals surface area (Å²) in [5, 5.41) is 18.3. The maximum atomic E-state index is 13.1. The SMILES string of the molecule is COc1cc(C2CN(C(=O)c3cc(COC[C@@H](O)CO)ccn3)C2)ccc1OCc1ccc(C2CC2)cc1.COc1cc(C2CN(C(=O)c3cc(COC[C@@H]4COC(C)(C)O4)ccn3)C2)ccc1OCc1ccc(C2CC2)cc1. The second-order valence-corrected chi connectivity index (χ2v) is 21.7. The van der Waals surface area contributed by atoms with Crippen LogP contribution in [0.15, 0.2) is 122 Å². The number of amides is 2. The normalized spacial score (nSPS) is 18.2. The van der Waals surface area contributed by atoms with E-state index < -0.39 is 11.9 Å². The smallest absolute Gasteiger partial charge is 0.272 e. The fourth-order valence-electron chi connectivity index (χ4n) is 9.96. The Morgan fingerprint density at radius 2 is 1.04 bits per heavy atom. The second-order valence-electron chi connectivity index (χ2n) is 21.7. The van der Waals surface area contributed by atoms with Gasteiger partial charge in [0.25, 0.3) is 11.8 Å². The van der Waals surface area contributed by atoms with Gasteiger partial charge in [0, 0.05) is 50.4 Å². The van der Waals surface area contributed by atoms with Crippen LogP contribution in [-0.4, -0.2) is 127 Å². The first-order valence-corrected chi connectivity index (χ1v) is 27.4. The standard InChI is InChI=1S/C33H38N2O6.C30H34N2O6/c1-33(2)40-21-28(41-33)20-38-18-23-12-13-34-29(14-23)32(36)35-16-27(17-35)26-10-11-30(31(15-26)37-3)39-19-22-4-6-24(7-5-22)25-8-9-25;1-36-29-13-24(8-9-28(29)38-18-20-2-4-22(5-3-20)23-6-7-23)25-14-32(15-25)30(35)27-12-21(10-11-31-27)17-37-19-26(34)16-33/h4-7,10-15,25,27-28H,8-9,16-21H2,1-3H3;2-5,8-13,23,25-26,33-34H,6-7,14-19H2,1H3/t28-;26-/m10/s1. The third-order valence-electron chi connectivity index (χ3n) is 15.0. The molecule has 16 nitrogen and oxygen atoms in total. The van der Waals surface area contributed by atoms with Crippen LogP contribution in [0.1, 0.15) is 129 Å². The average Bonchev–Trinajstić information content (AvgIpc) is 4.44. The number of hydrogen-bond donors (Lipinski definition) is 2. The Hall–Kier alpha value is -6.92. The number of likely N-dealkylation sites (tertiary alicyclic amines) is 2. The number of carbonyl (C=O) groups is 2. The molecule has 0 radical (unpaired) electrons. The van der Waals surface area contributed by atoms with E-state index in [1.165, 1.54) is 36.8 Å². The number of hydrogen-bond acceptors (Lipinski definition) is 14. The van der Waals surface area contributed by atoms with Gasteiger partial charge in [-0.05, 0) is 144 Å². The van der Waals surface area contributed by atoms with Gasteiger partial charge >= 0.3 is 0 Å². The molecule has 16 heteroatoms. The van der Waals surface area contributed by atoms with Gasteiger partial charge in [0.05, 0.1) is 53.9 Å². The molecule has 6 aromatic rings. The Morgan fingerprint density at radius 3 is 1.46 bits per heavy atom. The van der Waals surface area contributed by atoms with E-state index in [2.05, 4.69) is 64.6 Å². The van der Waals surface area contributed by atoms with Crippen LogP contribution >= 0.6 is 0 Å². The lowest BCUT2D eigenvalue weighted by Crippen LogP contribution is -2.48. The van der Waals surface area contributed by atoms with Crippen LogP contribution in [0.25, 0.3) is 0 Å². The number of methoxy groups -OCH3 is 2. The summed E-state index contributed by atoms with van der Waals surface area (Å²) in [6.07, 6.45) is 7.43. The second kappa shape index (κ2) is 25.5. The van der Waals surface area contributed by atoms with Gasteiger partial charge < -0.3 is 57.9 Å². The monoisotopic (exact) mass is 1080 g/mol. The van der Waals surface area contributed by atoms with Gasteiger partial charge in [0.15, 0.2) is 28.8 Å². The van der Waals surface area contributed by atoms with Crippen LogP contribution in [0, 0.1) is 0 Å². The van der Waals surface area contributed by atoms with Gasteiger partial charge in [0.1, 0.15) is 36.8 Å². The number of rotatable bonds is 23. The molecule has 11 rings (SSSR count). The summed E-state index contributed by atoms with van der Waals surface area (Å²) in [5.41, 5.74) is 9.80. The van der Waals surface area contributed by atoms with Crippen molar-refractivity contribution in [3.8, 4) is 23.0 Å². The summed E-state index contributed by atoms with van der Waals surface area (Å²) in [6, 6.07) is 36.5. The molecule has 5 fully saturated rings. The summed E-state index contributed by atoms with van der Waals surface area (Å²) in [4.78, 5) is 38.2. The molecule has 3 aliphatic heterocycles. The predicted octanol–water partition coefficient (Wildman–Crippen LogP) is 9.11. The van der Waals surface area contributed by atoms with Gasteiger partial charge in [-0.25, -0.2) is 0 Å². The summed E-state index contributed by atoms with van der Waals surface area (Å²) in [5.74, 6) is 3.98. The van der Waals surface area contributed by atoms with Crippen molar-refractivity contribution in [1.29, 1.82) is 0 Å². The summed E-state index contributed by atoms with van der Waals surface area (Å²) in [7, 11) is 3.30. The minimum atomic E-state index is -0.917.